The van der Waals surface area contributed by atoms with Gasteiger partial charge in [-0.2, -0.15) is 10.5 Å². The lowest BCUT2D eigenvalue weighted by atomic mass is 9.93. The summed E-state index contributed by atoms with van der Waals surface area (Å²) in [6.45, 7) is 4.64. The molecule has 1 heterocycles. The average Bonchev–Trinajstić information content (AvgIpc) is 3.33. The summed E-state index contributed by atoms with van der Waals surface area (Å²) in [5.74, 6) is -0.777. The van der Waals surface area contributed by atoms with Gasteiger partial charge in [0.25, 0.3) is 5.84 Å². The van der Waals surface area contributed by atoms with Crippen molar-refractivity contribution in [3.05, 3.63) is 23.8 Å². The fraction of sp³-hybridized carbons (Fsp3) is 0.571. The van der Waals surface area contributed by atoms with Gasteiger partial charge in [0.2, 0.25) is 0 Å². The fourth-order valence-electron chi connectivity index (χ4n) is 4.47. The van der Waals surface area contributed by atoms with Crippen LogP contribution < -0.4 is 20.2 Å². The van der Waals surface area contributed by atoms with Gasteiger partial charge in [-0.1, -0.05) is 19.9 Å². The van der Waals surface area contributed by atoms with E-state index in [1.54, 1.807) is 19.2 Å². The quantitative estimate of drug-likeness (QED) is 0.588. The van der Waals surface area contributed by atoms with Gasteiger partial charge in [0.1, 0.15) is 0 Å². The van der Waals surface area contributed by atoms with Crippen LogP contribution in [0.3, 0.4) is 0 Å². The highest BCUT2D eigenvalue weighted by atomic mass is 16.7. The molecule has 3 unspecified atom stereocenters. The topological polar surface area (TPSA) is 124 Å². The van der Waals surface area contributed by atoms with E-state index in [-0.39, 0.29) is 5.84 Å². The molecule has 29 heavy (non-hydrogen) atoms. The predicted molar refractivity (Wildman–Crippen MR) is 104 cm³/mol. The summed E-state index contributed by atoms with van der Waals surface area (Å²) in [5.41, 5.74) is 4.45. The van der Waals surface area contributed by atoms with E-state index in [0.29, 0.717) is 24.7 Å². The summed E-state index contributed by atoms with van der Waals surface area (Å²) < 4.78 is 22.9. The molecular weight excluding hydrogens is 372 g/mol. The van der Waals surface area contributed by atoms with Crippen LogP contribution in [0.2, 0.25) is 0 Å². The zero-order valence-corrected chi connectivity index (χ0v) is 17.2. The average molecular weight is 399 g/mol. The highest BCUT2D eigenvalue weighted by Crippen LogP contribution is 2.78. The molecule has 0 spiro atoms. The molecule has 154 valence electrons. The van der Waals surface area contributed by atoms with Crippen molar-refractivity contribution < 1.29 is 23.9 Å². The van der Waals surface area contributed by atoms with Crippen LogP contribution in [0.1, 0.15) is 38.2 Å². The molecule has 0 saturated heterocycles. The Morgan fingerprint density at radius 1 is 1.03 bits per heavy atom. The van der Waals surface area contributed by atoms with Gasteiger partial charge in [-0.05, 0) is 30.5 Å². The molecular formula is C21H27N4O4+. The Balaban J connectivity index is 2.17. The molecule has 0 radical (unpaired) electrons. The number of rotatable bonds is 9. The van der Waals surface area contributed by atoms with Gasteiger partial charge in [-0.15, -0.1) is 0 Å². The van der Waals surface area contributed by atoms with Gasteiger partial charge in [-0.3, -0.25) is 5.73 Å². The van der Waals surface area contributed by atoms with Gasteiger partial charge in [0, 0.05) is 5.92 Å². The second-order valence-corrected chi connectivity index (χ2v) is 7.24. The van der Waals surface area contributed by atoms with E-state index in [0.717, 1.165) is 18.4 Å². The van der Waals surface area contributed by atoms with E-state index in [9.17, 15) is 10.5 Å². The smallest absolute Gasteiger partial charge is 0.343 e. The number of nitrogens with two attached hydrogens (primary N) is 1. The Labute approximate surface area is 170 Å². The van der Waals surface area contributed by atoms with E-state index in [1.165, 1.54) is 7.11 Å². The summed E-state index contributed by atoms with van der Waals surface area (Å²) in [5, 5.41) is 20.5. The maximum absolute atomic E-state index is 10.3. The summed E-state index contributed by atoms with van der Waals surface area (Å²) in [6, 6.07) is 10.00. The first-order valence-corrected chi connectivity index (χ1v) is 9.71. The van der Waals surface area contributed by atoms with Crippen LogP contribution in [0.4, 0.5) is 0 Å². The number of benzene rings is 1. The lowest BCUT2D eigenvalue weighted by Gasteiger charge is -2.30. The van der Waals surface area contributed by atoms with Crippen LogP contribution in [-0.2, 0) is 9.47 Å². The lowest BCUT2D eigenvalue weighted by molar-refractivity contribution is -0.693. The number of nitriles is 2. The van der Waals surface area contributed by atoms with Gasteiger partial charge in [-0.25, -0.2) is 4.99 Å². The number of methoxy groups -OCH3 is 2. The summed E-state index contributed by atoms with van der Waals surface area (Å²) in [7, 11) is 3.09. The van der Waals surface area contributed by atoms with Crippen molar-refractivity contribution in [3.8, 4) is 23.6 Å². The van der Waals surface area contributed by atoms with Crippen molar-refractivity contribution in [2.45, 2.75) is 38.5 Å². The highest BCUT2D eigenvalue weighted by molar-refractivity contribution is 5.95. The molecule has 3 rings (SSSR count). The van der Waals surface area contributed by atoms with E-state index in [2.05, 4.69) is 17.1 Å². The molecule has 1 aliphatic heterocycles. The minimum Gasteiger partial charge on any atom is -0.493 e. The standard InChI is InChI=1S/C21H26N4O4/c1-5-9-28-21(29-10-6-2)20(13-23)17(19(20,12-22)18(24)25-21)14-7-8-15(26-3)16(11-14)27-4/h7-8,11,17H,5-6,9-10H2,1-4H3,(H2,24,25)/p+1. The Morgan fingerprint density at radius 3 is 2.14 bits per heavy atom. The number of amidine groups is 1. The number of hydrogen-bond acceptors (Lipinski definition) is 7. The highest BCUT2D eigenvalue weighted by Gasteiger charge is 2.97. The minimum absolute atomic E-state index is 0.188. The molecule has 1 aromatic carbocycles. The molecule has 0 aromatic heterocycles. The molecule has 2 aliphatic rings. The SMILES string of the molecule is CCCOC1(OCCC)[NH+]=C(N)C2(C#N)C(c3ccc(OC)c(OC)c3)C12C#N. The molecule has 1 fully saturated rings. The Morgan fingerprint density at radius 2 is 1.66 bits per heavy atom. The van der Waals surface area contributed by atoms with E-state index >= 15 is 0 Å². The van der Waals surface area contributed by atoms with Gasteiger partial charge in [0.05, 0.1) is 39.6 Å². The normalized spacial score (nSPS) is 28.6. The van der Waals surface area contributed by atoms with Crippen LogP contribution in [0.15, 0.2) is 18.2 Å². The van der Waals surface area contributed by atoms with Crippen LogP contribution in [-0.4, -0.2) is 39.2 Å². The number of ether oxygens (including phenoxy) is 4. The second kappa shape index (κ2) is 7.55. The fourth-order valence-corrected chi connectivity index (χ4v) is 4.47. The van der Waals surface area contributed by atoms with E-state index in [1.807, 2.05) is 19.9 Å². The van der Waals surface area contributed by atoms with Crippen LogP contribution >= 0.6 is 0 Å². The van der Waals surface area contributed by atoms with E-state index < -0.39 is 22.7 Å². The molecule has 1 aromatic rings. The molecule has 0 amide bonds. The molecule has 0 bridgehead atoms. The van der Waals surface area contributed by atoms with Crippen molar-refractivity contribution in [1.82, 2.24) is 0 Å². The maximum Gasteiger partial charge on any atom is 0.343 e. The van der Waals surface area contributed by atoms with Crippen LogP contribution in [0.25, 0.3) is 0 Å². The monoisotopic (exact) mass is 399 g/mol. The van der Waals surface area contributed by atoms with Crippen molar-refractivity contribution in [1.29, 1.82) is 10.5 Å². The lowest BCUT2D eigenvalue weighted by Crippen LogP contribution is -2.91. The predicted octanol–water partition coefficient (Wildman–Crippen LogP) is 0.779. The maximum atomic E-state index is 10.3. The van der Waals surface area contributed by atoms with Crippen molar-refractivity contribution in [3.63, 3.8) is 0 Å². The minimum atomic E-state index is -1.49. The largest absolute Gasteiger partial charge is 0.493 e. The van der Waals surface area contributed by atoms with Crippen LogP contribution in [0.5, 0.6) is 11.5 Å². The van der Waals surface area contributed by atoms with Crippen molar-refractivity contribution in [2.75, 3.05) is 27.4 Å². The first kappa shape index (κ1) is 20.9. The number of fused-ring (bicyclic) bond motifs is 1. The Hall–Kier alpha value is -2.81. The van der Waals surface area contributed by atoms with Crippen molar-refractivity contribution >= 4 is 5.84 Å². The zero-order valence-electron chi connectivity index (χ0n) is 17.2. The van der Waals surface area contributed by atoms with Crippen molar-refractivity contribution in [2.24, 2.45) is 16.6 Å². The van der Waals surface area contributed by atoms with Gasteiger partial charge >= 0.3 is 5.91 Å². The first-order valence-electron chi connectivity index (χ1n) is 9.71. The Kier molecular flexibility index (Phi) is 5.44. The third-order valence-electron chi connectivity index (χ3n) is 5.76. The van der Waals surface area contributed by atoms with E-state index in [4.69, 9.17) is 24.7 Å². The zero-order chi connectivity index (χ0) is 21.3. The number of nitrogens with one attached hydrogen (secondary N) is 1. The van der Waals surface area contributed by atoms with Gasteiger partial charge in [0.15, 0.2) is 22.3 Å². The van der Waals surface area contributed by atoms with Crippen LogP contribution in [0, 0.1) is 33.5 Å². The number of hydrogen-bond donors (Lipinski definition) is 2. The van der Waals surface area contributed by atoms with Gasteiger partial charge < -0.3 is 18.9 Å². The Bertz CT molecular complexity index is 895. The second-order valence-electron chi connectivity index (χ2n) is 7.24. The molecule has 1 aliphatic carbocycles. The summed E-state index contributed by atoms with van der Waals surface area (Å²) in [4.78, 5) is 3.02. The third kappa shape index (κ3) is 2.53. The molecule has 1 saturated carbocycles. The summed E-state index contributed by atoms with van der Waals surface area (Å²) >= 11 is 0. The number of nitrogens with zero attached hydrogens (tertiary/aromatic N) is 2. The molecule has 8 heteroatoms. The third-order valence-corrected chi connectivity index (χ3v) is 5.76. The molecule has 3 atom stereocenters. The molecule has 3 N–H and O–H groups in total. The molecule has 8 nitrogen and oxygen atoms in total. The summed E-state index contributed by atoms with van der Waals surface area (Å²) in [6.07, 6.45) is 1.45. The first-order chi connectivity index (χ1) is 14.0.